The smallest absolute Gasteiger partial charge is 0.118 e. The molecule has 1 aliphatic rings. The molecule has 3 nitrogen and oxygen atoms in total. The van der Waals surface area contributed by atoms with Gasteiger partial charge in [-0.3, -0.25) is 4.90 Å². The summed E-state index contributed by atoms with van der Waals surface area (Å²) in [4.78, 5) is 2.24. The van der Waals surface area contributed by atoms with Crippen molar-refractivity contribution in [1.82, 2.24) is 4.90 Å². The number of rotatable bonds is 4. The molecule has 1 saturated carbocycles. The molecule has 2 unspecified atom stereocenters. The summed E-state index contributed by atoms with van der Waals surface area (Å²) < 4.78 is 5.58. The summed E-state index contributed by atoms with van der Waals surface area (Å²) in [6, 6.07) is 4.03. The third-order valence-corrected chi connectivity index (χ3v) is 4.17. The van der Waals surface area contributed by atoms with E-state index in [0.717, 1.165) is 37.5 Å². The molecule has 0 radical (unpaired) electrons. The first kappa shape index (κ1) is 13.6. The summed E-state index contributed by atoms with van der Waals surface area (Å²) in [5.41, 5.74) is 0.0762. The molecule has 0 aromatic carbocycles. The Hall–Kier alpha value is -0.800. The maximum absolute atomic E-state index is 10.3. The molecule has 1 aliphatic carbocycles. The van der Waals surface area contributed by atoms with Crippen LogP contribution in [-0.4, -0.2) is 29.7 Å². The number of aryl methyl sites for hydroxylation is 1. The van der Waals surface area contributed by atoms with Crippen LogP contribution in [0, 0.1) is 18.3 Å². The number of aliphatic hydroxyl groups excluding tert-OH is 1. The summed E-state index contributed by atoms with van der Waals surface area (Å²) in [6.07, 6.45) is 2.06. The quantitative estimate of drug-likeness (QED) is 0.894. The lowest BCUT2D eigenvalue weighted by Gasteiger charge is -2.28. The van der Waals surface area contributed by atoms with Gasteiger partial charge in [0.2, 0.25) is 0 Å². The van der Waals surface area contributed by atoms with Gasteiger partial charge in [-0.25, -0.2) is 0 Å². The van der Waals surface area contributed by atoms with Gasteiger partial charge in [0.15, 0.2) is 0 Å². The van der Waals surface area contributed by atoms with Gasteiger partial charge in [0.25, 0.3) is 0 Å². The molecule has 2 atom stereocenters. The highest BCUT2D eigenvalue weighted by atomic mass is 16.3. The van der Waals surface area contributed by atoms with Crippen molar-refractivity contribution in [2.24, 2.45) is 11.3 Å². The van der Waals surface area contributed by atoms with Gasteiger partial charge < -0.3 is 9.52 Å². The summed E-state index contributed by atoms with van der Waals surface area (Å²) in [7, 11) is 2.09. The summed E-state index contributed by atoms with van der Waals surface area (Å²) in [6.45, 7) is 8.04. The largest absolute Gasteiger partial charge is 0.465 e. The summed E-state index contributed by atoms with van der Waals surface area (Å²) in [5.74, 6) is 2.35. The van der Waals surface area contributed by atoms with Gasteiger partial charge in [0.05, 0.1) is 12.6 Å². The summed E-state index contributed by atoms with van der Waals surface area (Å²) >= 11 is 0. The standard InChI is InChI=1S/C15H25NO2/c1-11-5-6-13(18-11)10-16(4)9-12-7-8-15(2,3)14(12)17/h5-6,12,14,17H,7-10H2,1-4H3. The van der Waals surface area contributed by atoms with E-state index in [1.165, 1.54) is 0 Å². The highest BCUT2D eigenvalue weighted by Crippen LogP contribution is 2.41. The van der Waals surface area contributed by atoms with Crippen molar-refractivity contribution in [2.45, 2.75) is 46.3 Å². The van der Waals surface area contributed by atoms with Gasteiger partial charge in [0, 0.05) is 6.54 Å². The fourth-order valence-electron chi connectivity index (χ4n) is 2.99. The zero-order valence-electron chi connectivity index (χ0n) is 11.9. The fourth-order valence-corrected chi connectivity index (χ4v) is 2.99. The number of hydrogen-bond acceptors (Lipinski definition) is 3. The average molecular weight is 251 g/mol. The predicted molar refractivity (Wildman–Crippen MR) is 72.3 cm³/mol. The van der Waals surface area contributed by atoms with Crippen LogP contribution in [0.4, 0.5) is 0 Å². The van der Waals surface area contributed by atoms with Crippen molar-refractivity contribution in [1.29, 1.82) is 0 Å². The van der Waals surface area contributed by atoms with Crippen LogP contribution in [0.15, 0.2) is 16.5 Å². The van der Waals surface area contributed by atoms with Gasteiger partial charge in [-0.05, 0) is 50.3 Å². The first-order valence-corrected chi connectivity index (χ1v) is 6.80. The lowest BCUT2D eigenvalue weighted by Crippen LogP contribution is -2.34. The summed E-state index contributed by atoms with van der Waals surface area (Å²) in [5, 5.41) is 10.3. The van der Waals surface area contributed by atoms with Crippen LogP contribution in [0.3, 0.4) is 0 Å². The van der Waals surface area contributed by atoms with E-state index in [1.807, 2.05) is 19.1 Å². The normalized spacial score (nSPS) is 27.0. The molecule has 1 heterocycles. The minimum absolute atomic E-state index is 0.0762. The fraction of sp³-hybridized carbons (Fsp3) is 0.733. The molecule has 1 fully saturated rings. The monoisotopic (exact) mass is 251 g/mol. The Kier molecular flexibility index (Phi) is 3.83. The average Bonchev–Trinajstić information content (AvgIpc) is 2.78. The molecule has 102 valence electrons. The van der Waals surface area contributed by atoms with E-state index >= 15 is 0 Å². The molecule has 1 N–H and O–H groups in total. The van der Waals surface area contributed by atoms with Gasteiger partial charge in [0.1, 0.15) is 11.5 Å². The van der Waals surface area contributed by atoms with E-state index in [4.69, 9.17) is 4.42 Å². The highest BCUT2D eigenvalue weighted by Gasteiger charge is 2.40. The topological polar surface area (TPSA) is 36.6 Å². The molecule has 0 bridgehead atoms. The Morgan fingerprint density at radius 1 is 1.44 bits per heavy atom. The van der Waals surface area contributed by atoms with E-state index in [1.54, 1.807) is 0 Å². The van der Waals surface area contributed by atoms with Crippen molar-refractivity contribution >= 4 is 0 Å². The molecule has 0 saturated heterocycles. The highest BCUT2D eigenvalue weighted by molar-refractivity contribution is 5.05. The molecular weight excluding hydrogens is 226 g/mol. The minimum Gasteiger partial charge on any atom is -0.465 e. The van der Waals surface area contributed by atoms with Crippen molar-refractivity contribution in [3.63, 3.8) is 0 Å². The van der Waals surface area contributed by atoms with Gasteiger partial charge in [-0.15, -0.1) is 0 Å². The molecule has 0 amide bonds. The molecule has 0 aliphatic heterocycles. The zero-order valence-corrected chi connectivity index (χ0v) is 11.9. The number of hydrogen-bond donors (Lipinski definition) is 1. The van der Waals surface area contributed by atoms with Crippen molar-refractivity contribution in [3.8, 4) is 0 Å². The first-order chi connectivity index (χ1) is 8.38. The minimum atomic E-state index is -0.182. The van der Waals surface area contributed by atoms with Crippen LogP contribution < -0.4 is 0 Å². The molecule has 1 aromatic heterocycles. The molecule has 0 spiro atoms. The lowest BCUT2D eigenvalue weighted by molar-refractivity contribution is 0.0342. The Bertz CT molecular complexity index is 397. The molecule has 1 aromatic rings. The van der Waals surface area contributed by atoms with Crippen molar-refractivity contribution < 1.29 is 9.52 Å². The van der Waals surface area contributed by atoms with Crippen LogP contribution in [-0.2, 0) is 6.54 Å². The molecule has 18 heavy (non-hydrogen) atoms. The third kappa shape index (κ3) is 2.96. The van der Waals surface area contributed by atoms with E-state index in [0.29, 0.717) is 5.92 Å². The van der Waals surface area contributed by atoms with Crippen LogP contribution in [0.5, 0.6) is 0 Å². The third-order valence-electron chi connectivity index (χ3n) is 4.17. The van der Waals surface area contributed by atoms with Gasteiger partial charge in [-0.2, -0.15) is 0 Å². The van der Waals surface area contributed by atoms with Gasteiger partial charge >= 0.3 is 0 Å². The van der Waals surface area contributed by atoms with E-state index in [-0.39, 0.29) is 11.5 Å². The number of nitrogens with zero attached hydrogens (tertiary/aromatic N) is 1. The number of aliphatic hydroxyl groups is 1. The van der Waals surface area contributed by atoms with E-state index in [9.17, 15) is 5.11 Å². The second-order valence-corrected chi connectivity index (χ2v) is 6.44. The Labute approximate surface area is 110 Å². The van der Waals surface area contributed by atoms with Crippen LogP contribution in [0.2, 0.25) is 0 Å². The van der Waals surface area contributed by atoms with E-state index in [2.05, 4.69) is 25.8 Å². The van der Waals surface area contributed by atoms with Crippen LogP contribution in [0.25, 0.3) is 0 Å². The predicted octanol–water partition coefficient (Wildman–Crippen LogP) is 2.82. The second-order valence-electron chi connectivity index (χ2n) is 6.44. The molecule has 2 rings (SSSR count). The first-order valence-electron chi connectivity index (χ1n) is 6.80. The Morgan fingerprint density at radius 2 is 2.17 bits per heavy atom. The van der Waals surface area contributed by atoms with Gasteiger partial charge in [-0.1, -0.05) is 13.8 Å². The SMILES string of the molecule is Cc1ccc(CN(C)CC2CCC(C)(C)C2O)o1. The zero-order chi connectivity index (χ0) is 13.3. The maximum atomic E-state index is 10.3. The van der Waals surface area contributed by atoms with Crippen LogP contribution >= 0.6 is 0 Å². The maximum Gasteiger partial charge on any atom is 0.118 e. The Morgan fingerprint density at radius 3 is 2.67 bits per heavy atom. The molecule has 3 heteroatoms. The molecular formula is C15H25NO2. The second kappa shape index (κ2) is 5.06. The van der Waals surface area contributed by atoms with Crippen molar-refractivity contribution in [3.05, 3.63) is 23.7 Å². The van der Waals surface area contributed by atoms with E-state index < -0.39 is 0 Å². The van der Waals surface area contributed by atoms with Crippen molar-refractivity contribution in [2.75, 3.05) is 13.6 Å². The Balaban J connectivity index is 1.87. The van der Waals surface area contributed by atoms with Crippen LogP contribution in [0.1, 0.15) is 38.2 Å². The lowest BCUT2D eigenvalue weighted by atomic mass is 9.87. The number of furan rings is 1.